The number of carbonyl (C=O) groups is 4. The summed E-state index contributed by atoms with van der Waals surface area (Å²) in [6.07, 6.45) is 9.37. The van der Waals surface area contributed by atoms with Crippen LogP contribution in [0.2, 0.25) is 0 Å². The molecule has 0 radical (unpaired) electrons. The van der Waals surface area contributed by atoms with E-state index in [9.17, 15) is 44.4 Å². The van der Waals surface area contributed by atoms with Crippen molar-refractivity contribution in [2.24, 2.45) is 0 Å². The number of hydrogen-bond donors (Lipinski definition) is 4. The number of carboxylic acids is 1. The highest BCUT2D eigenvalue weighted by Crippen LogP contribution is 2.40. The van der Waals surface area contributed by atoms with Gasteiger partial charge in [-0.15, -0.1) is 56.7 Å². The van der Waals surface area contributed by atoms with E-state index in [1.165, 1.54) is 68.6 Å². The Bertz CT molecular complexity index is 6220. The molecule has 1 saturated heterocycles. The lowest BCUT2D eigenvalue weighted by atomic mass is 9.79. The molecule has 5 N–H and O–H groups in total. The van der Waals surface area contributed by atoms with E-state index in [0.717, 1.165) is 68.3 Å². The molecule has 0 unspecified atom stereocenters. The summed E-state index contributed by atoms with van der Waals surface area (Å²) in [5.74, 6) is -0.870. The first kappa shape index (κ1) is 89.3. The number of halogens is 3. The summed E-state index contributed by atoms with van der Waals surface area (Å²) >= 11 is 16.5. The second-order valence-corrected chi connectivity index (χ2v) is 41.6. The molecule has 0 saturated carbocycles. The van der Waals surface area contributed by atoms with Gasteiger partial charge in [0, 0.05) is 110 Å². The Morgan fingerprint density at radius 2 is 0.879 bits per heavy atom. The Balaban J connectivity index is 0.000000156. The maximum Gasteiger partial charge on any atom is 0.497 e. The zero-order valence-electron chi connectivity index (χ0n) is 64.6. The Morgan fingerprint density at radius 3 is 1.23 bits per heavy atom. The summed E-state index contributed by atoms with van der Waals surface area (Å²) in [6, 6.07) is 40.0. The van der Waals surface area contributed by atoms with Gasteiger partial charge >= 0.3 is 25.3 Å². The summed E-state index contributed by atoms with van der Waals surface area (Å²) in [6.45, 7) is 24.5. The second-order valence-electron chi connectivity index (χ2n) is 28.8. The molecule has 606 valence electrons. The molecule has 0 bridgehead atoms. The van der Waals surface area contributed by atoms with Crippen molar-refractivity contribution in [3.63, 3.8) is 0 Å². The van der Waals surface area contributed by atoms with Gasteiger partial charge in [0.1, 0.15) is 16.1 Å². The molecule has 0 atom stereocenters. The van der Waals surface area contributed by atoms with Crippen molar-refractivity contribution in [1.82, 2.24) is 26.9 Å². The Morgan fingerprint density at radius 1 is 0.509 bits per heavy atom. The largest absolute Gasteiger partial charge is 0.497 e. The minimum Gasteiger partial charge on any atom is -0.477 e. The summed E-state index contributed by atoms with van der Waals surface area (Å²) in [5, 5.41) is 27.3. The first-order valence-electron chi connectivity index (χ1n) is 35.0. The number of pyridine rings is 3. The van der Waals surface area contributed by atoms with Gasteiger partial charge in [-0.2, -0.15) is 0 Å². The number of hydrogen-bond acceptors (Lipinski definition) is 23. The number of nitrogens with one attached hydrogen (secondary N) is 2. The fourth-order valence-electron chi connectivity index (χ4n) is 10.8. The number of aromatic carboxylic acids is 1. The predicted octanol–water partition coefficient (Wildman–Crippen LogP) is 20.8. The van der Waals surface area contributed by atoms with Gasteiger partial charge in [-0.25, -0.2) is 66.5 Å². The fourth-order valence-corrected chi connectivity index (χ4v) is 20.0. The molecule has 12 heterocycles. The van der Waals surface area contributed by atoms with Gasteiger partial charge in [-0.3, -0.25) is 15.4 Å². The maximum absolute atomic E-state index is 13.3. The molecule has 0 aliphatic carbocycles. The van der Waals surface area contributed by atoms with Gasteiger partial charge in [0.15, 0.2) is 23.2 Å². The van der Waals surface area contributed by atoms with Gasteiger partial charge < -0.3 is 29.6 Å². The van der Waals surface area contributed by atoms with Crippen LogP contribution in [-0.4, -0.2) is 111 Å². The third-order valence-electron chi connectivity index (χ3n) is 17.0. The number of carbonyl (C=O) groups excluding carboxylic acids is 3. The maximum atomic E-state index is 13.3. The minimum absolute atomic E-state index is 0.190. The smallest absolute Gasteiger partial charge is 0.477 e. The van der Waals surface area contributed by atoms with Crippen LogP contribution >= 0.6 is 104 Å². The second kappa shape index (κ2) is 36.9. The van der Waals surface area contributed by atoms with Gasteiger partial charge in [-0.1, -0.05) is 53.1 Å². The van der Waals surface area contributed by atoms with Gasteiger partial charge in [0.05, 0.1) is 45.8 Å². The molecule has 15 rings (SSSR count). The molecule has 11 aromatic heterocycles. The Kier molecular flexibility index (Phi) is 28.4. The van der Waals surface area contributed by atoms with E-state index in [-0.39, 0.29) is 14.7 Å². The van der Waals surface area contributed by atoms with E-state index in [1.54, 1.807) is 173 Å². The number of carboxylic acid groups (broad SMARTS) is 1. The lowest BCUT2D eigenvalue weighted by Gasteiger charge is -2.32. The fraction of sp³-hybridized carbons (Fsp3) is 0.212. The first-order chi connectivity index (χ1) is 54.4. The number of nitrogens with two attached hydrogens (primary N) is 1. The van der Waals surface area contributed by atoms with Crippen molar-refractivity contribution in [1.29, 1.82) is 0 Å². The molecule has 2 amide bonds. The zero-order valence-corrected chi connectivity index (χ0v) is 75.9. The van der Waals surface area contributed by atoms with Crippen LogP contribution in [0.4, 0.5) is 24.6 Å². The number of aryl methyl sites for hydroxylation is 3. The van der Waals surface area contributed by atoms with E-state index in [4.69, 9.17) is 29.6 Å². The number of rotatable bonds is 13. The van der Waals surface area contributed by atoms with E-state index >= 15 is 0 Å². The summed E-state index contributed by atoms with van der Waals surface area (Å²) in [4.78, 5) is 58.3. The van der Waals surface area contributed by atoms with Crippen molar-refractivity contribution in [3.8, 4) is 22.3 Å². The predicted molar refractivity (Wildman–Crippen MR) is 475 cm³/mol. The average molecular weight is 1910 g/mol. The number of nitrogen functional groups attached to an aromatic ring is 1. The molecule has 1 aliphatic heterocycles. The van der Waals surface area contributed by atoms with Crippen molar-refractivity contribution in [3.05, 3.63) is 243 Å². The van der Waals surface area contributed by atoms with Crippen LogP contribution in [0.25, 0.3) is 55.4 Å². The lowest BCUT2D eigenvalue weighted by Crippen LogP contribution is -2.41. The monoisotopic (exact) mass is 1910 g/mol. The summed E-state index contributed by atoms with van der Waals surface area (Å²) in [5.41, 5.74) is 11.6. The molecule has 3 aromatic carbocycles. The third kappa shape index (κ3) is 22.2. The first-order valence-corrected chi connectivity index (χ1v) is 46.1. The van der Waals surface area contributed by atoms with Crippen LogP contribution in [0, 0.1) is 20.8 Å². The number of fused-ring (bicyclic) bond motifs is 3. The van der Waals surface area contributed by atoms with Gasteiger partial charge in [0.25, 0.3) is 30.1 Å². The van der Waals surface area contributed by atoms with Crippen LogP contribution in [0.3, 0.4) is 0 Å². The highest BCUT2D eigenvalue weighted by atomic mass is 79.9. The SMILES string of the molecule is CC(C)(C)OC(=O)Nc1cc(Br)cs1.Cc1ccc(S(=O)(=O)n2cc(-c3csc(N)c3)c3cccnc32)cc1.Cc1ccc(S(=O)(=O)n2cc(-c3csc(NC(=O)OC(C)(C)C)c3)c3cccnc32)cc1.Cc1ccc(S(=O)(=O)n2cc(B3OC(C)(C)C(C)(C)O3)c3cccnc32)cc1.O=C(O)c1cc(Br)cs1.O=Cc1cc(Br)cs1. The van der Waals surface area contributed by atoms with Gasteiger partial charge in [0.2, 0.25) is 0 Å². The topological polar surface area (TPSA) is 331 Å². The number of ether oxygens (including phenoxy) is 2. The molecule has 36 heteroatoms. The van der Waals surface area contributed by atoms with E-state index in [0.29, 0.717) is 53.6 Å². The molecule has 0 spiro atoms. The van der Waals surface area contributed by atoms with Crippen LogP contribution in [-0.2, 0) is 48.9 Å². The summed E-state index contributed by atoms with van der Waals surface area (Å²) in [7, 11) is -12.1. The van der Waals surface area contributed by atoms with E-state index in [2.05, 4.69) is 73.4 Å². The number of thiophene rings is 5. The normalized spacial score (nSPS) is 13.1. The highest BCUT2D eigenvalue weighted by molar-refractivity contribution is 9.11. The Labute approximate surface area is 717 Å². The van der Waals surface area contributed by atoms with Crippen LogP contribution < -0.4 is 21.8 Å². The van der Waals surface area contributed by atoms with E-state index in [1.807, 2.05) is 121 Å². The molecular formula is C80H79BBr3N9O15S8. The molecule has 1 aliphatic rings. The number of anilines is 3. The van der Waals surface area contributed by atoms with Crippen LogP contribution in [0.5, 0.6) is 0 Å². The average Bonchev–Trinajstić information content (AvgIpc) is 1.68. The molecule has 116 heavy (non-hydrogen) atoms. The number of amides is 2. The standard InChI is InChI=1S/C23H23N3O4S2.C20H23BN2O4S.C18H15N3O2S2.C9H12BrNO2S.C5H3BrO2S.C5H3BrOS/c1-15-7-9-17(10-8-15)32(28,29)26-13-19(18-6-5-11-24-21(18)26)16-12-20(31-14-16)25-22(27)30-23(2,3)4;1-14-8-10-15(11-9-14)28(24,25)23-13-17(16-7-6-12-22-18(16)23)21-26-19(2,3)20(4,5)27-21;1-12-4-6-14(7-5-12)25(22,23)21-10-16(13-9-17(19)24-11-13)15-3-2-8-20-18(15)21;1-9(2,3)13-8(12)11-7-4-6(10)5-14-7;6-3-1-4(5(7)8)9-2-3;6-4-1-5(2-7)8-3-4/h5-14H,1-4H3,(H,25,27);6-13H,1-5H3;2-11H,19H2,1H3;4-5H,1-3H3,(H,11,12);1-2H,(H,7,8);1-3H. The number of benzene rings is 3. The summed E-state index contributed by atoms with van der Waals surface area (Å²) < 4.78 is 109. The van der Waals surface area contributed by atoms with Crippen molar-refractivity contribution < 1.29 is 68.3 Å². The quantitative estimate of drug-likeness (QED) is 0.0615. The van der Waals surface area contributed by atoms with Crippen LogP contribution in [0.15, 0.2) is 232 Å². The Hall–Kier alpha value is -9.02. The number of aldehydes is 1. The minimum atomic E-state index is -3.83. The van der Waals surface area contributed by atoms with Gasteiger partial charge in [-0.05, 0) is 252 Å². The van der Waals surface area contributed by atoms with Crippen molar-refractivity contribution in [2.75, 3.05) is 16.4 Å². The highest BCUT2D eigenvalue weighted by Gasteiger charge is 2.53. The zero-order chi connectivity index (χ0) is 84.6. The molecule has 24 nitrogen and oxygen atoms in total. The van der Waals surface area contributed by atoms with Crippen molar-refractivity contribution in [2.45, 2.75) is 127 Å². The number of nitrogens with zero attached hydrogens (tertiary/aromatic N) is 6. The van der Waals surface area contributed by atoms with Crippen LogP contribution in [0.1, 0.15) is 105 Å². The van der Waals surface area contributed by atoms with E-state index < -0.39 is 77.7 Å². The molecule has 1 fully saturated rings. The lowest BCUT2D eigenvalue weighted by molar-refractivity contribution is 0.00578. The number of aromatic nitrogens is 6. The third-order valence-corrected chi connectivity index (χ3v) is 28.5. The molecular weight excluding hydrogens is 1830 g/mol. The molecule has 14 aromatic rings. The van der Waals surface area contributed by atoms with Crippen molar-refractivity contribution >= 4 is 220 Å².